The summed E-state index contributed by atoms with van der Waals surface area (Å²) in [5.74, 6) is 0. The number of nitrogens with one attached hydrogen (secondary N) is 1. The van der Waals surface area contributed by atoms with Gasteiger partial charge in [-0.15, -0.1) is 0 Å². The Morgan fingerprint density at radius 3 is 2.58 bits per heavy atom. The summed E-state index contributed by atoms with van der Waals surface area (Å²) in [6.07, 6.45) is 3.26. The first-order valence-corrected chi connectivity index (χ1v) is 10.0. The van der Waals surface area contributed by atoms with Crippen LogP contribution < -0.4 is 4.72 Å². The predicted octanol–water partition coefficient (Wildman–Crippen LogP) is 4.66. The predicted molar refractivity (Wildman–Crippen MR) is 105 cm³/mol. The minimum absolute atomic E-state index is 0.212. The second-order valence-electron chi connectivity index (χ2n) is 6.03. The number of benzene rings is 2. The summed E-state index contributed by atoms with van der Waals surface area (Å²) < 4.78 is 29.8. The minimum atomic E-state index is -3.72. The van der Waals surface area contributed by atoms with E-state index in [2.05, 4.69) is 9.82 Å². The Hall–Kier alpha value is -2.02. The molecule has 2 aromatic carbocycles. The Morgan fingerprint density at radius 1 is 1.12 bits per heavy atom. The van der Waals surface area contributed by atoms with E-state index in [1.54, 1.807) is 61.3 Å². The molecule has 1 heterocycles. The summed E-state index contributed by atoms with van der Waals surface area (Å²) in [6.45, 7) is 3.98. The van der Waals surface area contributed by atoms with Gasteiger partial charge in [-0.05, 0) is 54.8 Å². The third kappa shape index (κ3) is 4.20. The van der Waals surface area contributed by atoms with Gasteiger partial charge in [-0.1, -0.05) is 35.3 Å². The smallest absolute Gasteiger partial charge is 0.262 e. The van der Waals surface area contributed by atoms with Gasteiger partial charge in [-0.25, -0.2) is 8.42 Å². The summed E-state index contributed by atoms with van der Waals surface area (Å²) in [5.41, 5.74) is 2.68. The van der Waals surface area contributed by atoms with E-state index in [0.29, 0.717) is 33.4 Å². The Labute approximate surface area is 162 Å². The first-order chi connectivity index (χ1) is 12.2. The highest BCUT2D eigenvalue weighted by Gasteiger charge is 2.18. The molecule has 0 saturated carbocycles. The van der Waals surface area contributed by atoms with Crippen LogP contribution >= 0.6 is 23.2 Å². The lowest BCUT2D eigenvalue weighted by Gasteiger charge is -2.13. The quantitative estimate of drug-likeness (QED) is 0.666. The number of nitrogens with zero attached hydrogens (tertiary/aromatic N) is 2. The minimum Gasteiger partial charge on any atom is -0.280 e. The fraction of sp³-hybridized carbons (Fsp3) is 0.167. The van der Waals surface area contributed by atoms with E-state index < -0.39 is 10.0 Å². The molecule has 1 N–H and O–H groups in total. The van der Waals surface area contributed by atoms with Crippen molar-refractivity contribution in [2.75, 3.05) is 4.72 Å². The lowest BCUT2D eigenvalue weighted by atomic mass is 10.2. The Balaban J connectivity index is 1.86. The highest BCUT2D eigenvalue weighted by atomic mass is 35.5. The monoisotopic (exact) mass is 409 g/mol. The number of halogens is 2. The van der Waals surface area contributed by atoms with E-state index >= 15 is 0 Å². The van der Waals surface area contributed by atoms with Crippen LogP contribution in [0.4, 0.5) is 5.69 Å². The van der Waals surface area contributed by atoms with Crippen molar-refractivity contribution in [1.29, 1.82) is 0 Å². The van der Waals surface area contributed by atoms with Crippen LogP contribution in [-0.2, 0) is 16.6 Å². The van der Waals surface area contributed by atoms with E-state index in [1.165, 1.54) is 0 Å². The number of sulfonamides is 1. The molecule has 5 nitrogen and oxygen atoms in total. The molecule has 0 radical (unpaired) electrons. The number of hydrogen-bond acceptors (Lipinski definition) is 3. The molecular weight excluding hydrogens is 393 g/mol. The van der Waals surface area contributed by atoms with Gasteiger partial charge in [0.25, 0.3) is 10.0 Å². The molecule has 0 aliphatic heterocycles. The standard InChI is InChI=1S/C18H17Cl2N3O2S/c1-12-7-18(13(2)6-17(12)20)26(24,25)22-16-5-3-4-14(8-16)10-23-11-15(19)9-21-23/h3-9,11,22H,10H2,1-2H3. The molecular formula is C18H17Cl2N3O2S. The maximum Gasteiger partial charge on any atom is 0.262 e. The number of anilines is 1. The molecule has 0 bridgehead atoms. The first kappa shape index (κ1) is 18.8. The van der Waals surface area contributed by atoms with Crippen LogP contribution in [0.15, 0.2) is 53.7 Å². The Kier molecular flexibility index (Phi) is 5.27. The lowest BCUT2D eigenvalue weighted by Crippen LogP contribution is -2.15. The van der Waals surface area contributed by atoms with E-state index in [0.717, 1.165) is 5.56 Å². The lowest BCUT2D eigenvalue weighted by molar-refractivity contribution is 0.600. The topological polar surface area (TPSA) is 64.0 Å². The normalized spacial score (nSPS) is 11.5. The molecule has 3 rings (SSSR count). The summed E-state index contributed by atoms with van der Waals surface area (Å²) in [6, 6.07) is 10.4. The average molecular weight is 410 g/mol. The molecule has 0 fully saturated rings. The van der Waals surface area contributed by atoms with E-state index in [9.17, 15) is 8.42 Å². The van der Waals surface area contributed by atoms with Crippen LogP contribution in [0.3, 0.4) is 0 Å². The molecule has 0 unspecified atom stereocenters. The first-order valence-electron chi connectivity index (χ1n) is 7.81. The summed E-state index contributed by atoms with van der Waals surface area (Å²) >= 11 is 11.9. The van der Waals surface area contributed by atoms with Crippen LogP contribution in [0.2, 0.25) is 10.0 Å². The van der Waals surface area contributed by atoms with Crippen molar-refractivity contribution in [3.63, 3.8) is 0 Å². The molecule has 0 atom stereocenters. The molecule has 8 heteroatoms. The van der Waals surface area contributed by atoms with E-state index in [1.807, 2.05) is 6.07 Å². The van der Waals surface area contributed by atoms with Crippen LogP contribution in [0.1, 0.15) is 16.7 Å². The average Bonchev–Trinajstić information content (AvgIpc) is 2.95. The van der Waals surface area contributed by atoms with E-state index in [-0.39, 0.29) is 4.90 Å². The number of aromatic nitrogens is 2. The number of aryl methyl sites for hydroxylation is 2. The second-order valence-corrected chi connectivity index (χ2v) is 8.52. The van der Waals surface area contributed by atoms with Gasteiger partial charge in [0.2, 0.25) is 0 Å². The van der Waals surface area contributed by atoms with Crippen molar-refractivity contribution in [3.8, 4) is 0 Å². The highest BCUT2D eigenvalue weighted by Crippen LogP contribution is 2.26. The molecule has 0 aliphatic carbocycles. The molecule has 0 spiro atoms. The van der Waals surface area contributed by atoms with Gasteiger partial charge >= 0.3 is 0 Å². The maximum absolute atomic E-state index is 12.8. The van der Waals surface area contributed by atoms with Crippen molar-refractivity contribution in [2.24, 2.45) is 0 Å². The molecule has 1 aromatic heterocycles. The van der Waals surface area contributed by atoms with Gasteiger partial charge in [0, 0.05) is 16.9 Å². The van der Waals surface area contributed by atoms with Crippen LogP contribution in [0.5, 0.6) is 0 Å². The van der Waals surface area contributed by atoms with Gasteiger partial charge in [0.1, 0.15) is 0 Å². The van der Waals surface area contributed by atoms with Crippen LogP contribution in [0, 0.1) is 13.8 Å². The highest BCUT2D eigenvalue weighted by molar-refractivity contribution is 7.92. The number of rotatable bonds is 5. The van der Waals surface area contributed by atoms with Crippen molar-refractivity contribution in [1.82, 2.24) is 9.78 Å². The summed E-state index contributed by atoms with van der Waals surface area (Å²) in [7, 11) is -3.72. The molecule has 0 aliphatic rings. The van der Waals surface area contributed by atoms with Crippen molar-refractivity contribution >= 4 is 38.9 Å². The van der Waals surface area contributed by atoms with Crippen molar-refractivity contribution < 1.29 is 8.42 Å². The van der Waals surface area contributed by atoms with Gasteiger partial charge in [-0.2, -0.15) is 5.10 Å². The second kappa shape index (κ2) is 7.31. The van der Waals surface area contributed by atoms with Gasteiger partial charge < -0.3 is 0 Å². The van der Waals surface area contributed by atoms with Crippen molar-refractivity contribution in [3.05, 3.63) is 75.5 Å². The Bertz CT molecular complexity index is 1060. The fourth-order valence-corrected chi connectivity index (χ4v) is 4.34. The SMILES string of the molecule is Cc1cc(S(=O)(=O)Nc2cccc(Cn3cc(Cl)cn3)c2)c(C)cc1Cl. The molecule has 0 amide bonds. The number of hydrogen-bond donors (Lipinski definition) is 1. The zero-order valence-corrected chi connectivity index (χ0v) is 16.5. The Morgan fingerprint density at radius 2 is 1.88 bits per heavy atom. The van der Waals surface area contributed by atoms with Gasteiger partial charge in [0.15, 0.2) is 0 Å². The zero-order valence-electron chi connectivity index (χ0n) is 14.2. The van der Waals surface area contributed by atoms with Crippen LogP contribution in [0.25, 0.3) is 0 Å². The van der Waals surface area contributed by atoms with Gasteiger partial charge in [-0.3, -0.25) is 9.40 Å². The summed E-state index contributed by atoms with van der Waals surface area (Å²) in [4.78, 5) is 0.212. The third-order valence-corrected chi connectivity index (χ3v) is 6.00. The summed E-state index contributed by atoms with van der Waals surface area (Å²) in [5, 5.41) is 5.22. The van der Waals surface area contributed by atoms with Gasteiger partial charge in [0.05, 0.1) is 22.7 Å². The fourth-order valence-electron chi connectivity index (χ4n) is 2.60. The van der Waals surface area contributed by atoms with E-state index in [4.69, 9.17) is 23.2 Å². The van der Waals surface area contributed by atoms with Crippen molar-refractivity contribution in [2.45, 2.75) is 25.3 Å². The largest absolute Gasteiger partial charge is 0.280 e. The molecule has 26 heavy (non-hydrogen) atoms. The maximum atomic E-state index is 12.8. The molecule has 3 aromatic rings. The zero-order chi connectivity index (χ0) is 18.9. The van der Waals surface area contributed by atoms with Crippen LogP contribution in [-0.4, -0.2) is 18.2 Å². The molecule has 0 saturated heterocycles. The third-order valence-electron chi connectivity index (χ3n) is 3.87. The molecule has 136 valence electrons.